The normalized spacial score (nSPS) is 16.2. The van der Waals surface area contributed by atoms with Crippen LogP contribution >= 0.6 is 0 Å². The number of rotatable bonds is 12. The number of hydrogen-bond acceptors (Lipinski definition) is 2. The van der Waals surface area contributed by atoms with E-state index in [2.05, 4.69) is 169 Å². The predicted molar refractivity (Wildman–Crippen MR) is 268 cm³/mol. The van der Waals surface area contributed by atoms with Crippen molar-refractivity contribution < 1.29 is 9.59 Å². The van der Waals surface area contributed by atoms with Crippen molar-refractivity contribution in [3.8, 4) is 0 Å². The highest BCUT2D eigenvalue weighted by Crippen LogP contribution is 2.48. The van der Waals surface area contributed by atoms with Gasteiger partial charge in [0.15, 0.2) is 11.6 Å². The summed E-state index contributed by atoms with van der Waals surface area (Å²) < 4.78 is 0. The molecule has 0 saturated carbocycles. The summed E-state index contributed by atoms with van der Waals surface area (Å²) in [6, 6.07) is 18.2. The average molecular weight is 844 g/mol. The minimum absolute atomic E-state index is 0.110. The van der Waals surface area contributed by atoms with Crippen LogP contribution in [-0.2, 0) is 25.7 Å². The quantitative estimate of drug-likeness (QED) is 0.0908. The molecule has 58 heavy (non-hydrogen) atoms. The number of hydrogen-bond donors (Lipinski definition) is 0. The third kappa shape index (κ3) is 8.26. The molecule has 4 atom stereocenters. The third-order valence-corrected chi connectivity index (χ3v) is 28.0. The summed E-state index contributed by atoms with van der Waals surface area (Å²) in [6.45, 7) is 43.4. The maximum absolute atomic E-state index is 16.4. The zero-order valence-corrected chi connectivity index (χ0v) is 43.6. The van der Waals surface area contributed by atoms with Crippen LogP contribution in [0.25, 0.3) is 32.3 Å². The van der Waals surface area contributed by atoms with Crippen LogP contribution in [0.4, 0.5) is 0 Å². The second kappa shape index (κ2) is 15.5. The molecule has 4 unspecified atom stereocenters. The maximum Gasteiger partial charge on any atom is 0.195 e. The largest absolute Gasteiger partial charge is 0.289 e. The van der Waals surface area contributed by atoms with Gasteiger partial charge in [0.2, 0.25) is 0 Å². The molecule has 0 spiro atoms. The van der Waals surface area contributed by atoms with Crippen LogP contribution in [0.5, 0.6) is 0 Å². The predicted octanol–water partition coefficient (Wildman–Crippen LogP) is 15.6. The summed E-state index contributed by atoms with van der Waals surface area (Å²) >= 11 is 0. The fourth-order valence-corrected chi connectivity index (χ4v) is 12.0. The van der Waals surface area contributed by atoms with Gasteiger partial charge in [0.1, 0.15) is 0 Å². The van der Waals surface area contributed by atoms with Crippen LogP contribution in [0, 0.1) is 13.8 Å². The molecule has 5 aromatic carbocycles. The van der Waals surface area contributed by atoms with E-state index in [4.69, 9.17) is 0 Å². The molecule has 0 aromatic heterocycles. The molecule has 0 heterocycles. The summed E-state index contributed by atoms with van der Waals surface area (Å²) in [4.78, 5) is 32.8. The lowest BCUT2D eigenvalue weighted by molar-refractivity contribution is 0.0976. The van der Waals surface area contributed by atoms with Crippen molar-refractivity contribution in [2.75, 3.05) is 0 Å². The minimum Gasteiger partial charge on any atom is -0.289 e. The Labute approximate surface area is 356 Å². The van der Waals surface area contributed by atoms with Crippen molar-refractivity contribution >= 4 is 76.2 Å². The number of fused-ring (bicyclic) bond motifs is 5. The maximum atomic E-state index is 16.4. The lowest BCUT2D eigenvalue weighted by Gasteiger charge is -2.35. The standard InChI is InChI=1S/C52H74O2Si4/c1-31-23-39-40(24-32(31)2)44(26-34(4)56(10,11)12)48-47(43(39)25-33(3)55(7,8)9)51(53)49-45(27-35(5)57(13,14)15)41-29-37-21-19-20-22-38(37)30-42(41)46(50(49)52(48)54)28-36(6)58(16,17)18/h19-24,29-30,33-36H,25-28H2,1-18H3. The van der Waals surface area contributed by atoms with E-state index in [0.29, 0.717) is 22.2 Å². The van der Waals surface area contributed by atoms with Gasteiger partial charge in [0, 0.05) is 54.5 Å². The van der Waals surface area contributed by atoms with E-state index in [1.165, 1.54) is 43.4 Å². The Morgan fingerprint density at radius 3 is 0.845 bits per heavy atom. The molecule has 310 valence electrons. The van der Waals surface area contributed by atoms with Crippen LogP contribution < -0.4 is 0 Å². The van der Waals surface area contributed by atoms with Gasteiger partial charge in [-0.25, -0.2) is 0 Å². The Kier molecular flexibility index (Phi) is 11.9. The topological polar surface area (TPSA) is 34.1 Å². The molecule has 6 heteroatoms. The number of benzene rings is 5. The second-order valence-corrected chi connectivity index (χ2v) is 46.1. The lowest BCUT2D eigenvalue weighted by Crippen LogP contribution is -2.34. The first-order valence-electron chi connectivity index (χ1n) is 22.3. The van der Waals surface area contributed by atoms with E-state index in [-0.39, 0.29) is 11.6 Å². The lowest BCUT2D eigenvalue weighted by atomic mass is 9.71. The van der Waals surface area contributed by atoms with Crippen LogP contribution in [0.15, 0.2) is 48.5 Å². The number of carbonyl (C=O) groups is 2. The molecule has 1 aliphatic carbocycles. The zero-order valence-electron chi connectivity index (χ0n) is 39.6. The minimum atomic E-state index is -1.63. The highest BCUT2D eigenvalue weighted by atomic mass is 28.3. The van der Waals surface area contributed by atoms with Gasteiger partial charge in [0.05, 0.1) is 0 Å². The first kappa shape index (κ1) is 44.6. The van der Waals surface area contributed by atoms with E-state index in [0.717, 1.165) is 70.2 Å². The van der Waals surface area contributed by atoms with Crippen molar-refractivity contribution in [3.05, 3.63) is 104 Å². The molecule has 0 fully saturated rings. The van der Waals surface area contributed by atoms with Crippen molar-refractivity contribution in [1.29, 1.82) is 0 Å². The Bertz CT molecular complexity index is 2290. The summed E-state index contributed by atoms with van der Waals surface area (Å²) in [7, 11) is -6.51. The smallest absolute Gasteiger partial charge is 0.195 e. The van der Waals surface area contributed by atoms with Gasteiger partial charge in [-0.1, -0.05) is 143 Å². The van der Waals surface area contributed by atoms with Gasteiger partial charge in [-0.2, -0.15) is 0 Å². The highest BCUT2D eigenvalue weighted by molar-refractivity contribution is 6.78. The summed E-state index contributed by atoms with van der Waals surface area (Å²) in [5.74, 6) is 0.221. The molecule has 0 saturated heterocycles. The molecular weight excluding hydrogens is 769 g/mol. The summed E-state index contributed by atoms with van der Waals surface area (Å²) in [5.41, 5.74) is 11.6. The fourth-order valence-electron chi connectivity index (χ4n) is 8.75. The fraction of sp³-hybridized carbons (Fsp3) is 0.500. The number of ketones is 2. The molecule has 0 N–H and O–H groups in total. The molecule has 0 amide bonds. The van der Waals surface area contributed by atoms with Gasteiger partial charge >= 0.3 is 0 Å². The second-order valence-electron chi connectivity index (χ2n) is 23.2. The Hall–Kier alpha value is -2.91. The molecule has 5 aromatic rings. The summed E-state index contributed by atoms with van der Waals surface area (Å²) in [5, 5.41) is 7.15. The molecule has 0 aliphatic heterocycles. The molecular formula is C52H74O2Si4. The molecule has 0 bridgehead atoms. The van der Waals surface area contributed by atoms with Crippen LogP contribution in [0.3, 0.4) is 0 Å². The van der Waals surface area contributed by atoms with Crippen molar-refractivity contribution in [1.82, 2.24) is 0 Å². The Morgan fingerprint density at radius 2 is 0.621 bits per heavy atom. The molecule has 1 aliphatic rings. The van der Waals surface area contributed by atoms with Crippen LogP contribution in [0.1, 0.15) is 92.9 Å². The first-order valence-corrected chi connectivity index (χ1v) is 36.6. The SMILES string of the molecule is Cc1cc2c(CC(C)[Si](C)(C)C)c3c(c(CC(C)[Si](C)(C)C)c2cc1C)C(=O)c1c(c(CC(C)[Si](C)(C)C)c2cc4ccccc4cc2c1CC(C)[Si](C)(C)C)C3=O. The van der Waals surface area contributed by atoms with Gasteiger partial charge in [-0.3, -0.25) is 9.59 Å². The number of carbonyl (C=O) groups excluding carboxylic acids is 2. The molecule has 2 nitrogen and oxygen atoms in total. The van der Waals surface area contributed by atoms with Crippen molar-refractivity contribution in [3.63, 3.8) is 0 Å². The Morgan fingerprint density at radius 1 is 0.397 bits per heavy atom. The first-order chi connectivity index (χ1) is 26.6. The van der Waals surface area contributed by atoms with Crippen molar-refractivity contribution in [2.24, 2.45) is 0 Å². The van der Waals surface area contributed by atoms with E-state index < -0.39 is 32.3 Å². The highest BCUT2D eigenvalue weighted by Gasteiger charge is 2.42. The zero-order chi connectivity index (χ0) is 43.2. The van der Waals surface area contributed by atoms with E-state index >= 15 is 9.59 Å². The van der Waals surface area contributed by atoms with Crippen LogP contribution in [-0.4, -0.2) is 43.9 Å². The molecule has 6 rings (SSSR count). The van der Waals surface area contributed by atoms with E-state index in [1.807, 2.05) is 0 Å². The van der Waals surface area contributed by atoms with Crippen LogP contribution in [0.2, 0.25) is 101 Å². The van der Waals surface area contributed by atoms with E-state index in [9.17, 15) is 0 Å². The number of aryl methyl sites for hydroxylation is 2. The Balaban J connectivity index is 1.86. The summed E-state index contributed by atoms with van der Waals surface area (Å²) in [6.07, 6.45) is 3.23. The monoisotopic (exact) mass is 842 g/mol. The van der Waals surface area contributed by atoms with Gasteiger partial charge in [-0.05, 0) is 140 Å². The van der Waals surface area contributed by atoms with Crippen molar-refractivity contribution in [2.45, 2.75) is 168 Å². The van der Waals surface area contributed by atoms with Gasteiger partial charge < -0.3 is 0 Å². The van der Waals surface area contributed by atoms with Gasteiger partial charge in [-0.15, -0.1) is 0 Å². The molecule has 0 radical (unpaired) electrons. The van der Waals surface area contributed by atoms with Gasteiger partial charge in [0.25, 0.3) is 0 Å². The average Bonchev–Trinajstić information content (AvgIpc) is 3.10. The third-order valence-electron chi connectivity index (χ3n) is 15.4. The van der Waals surface area contributed by atoms with E-state index in [1.54, 1.807) is 0 Å².